The van der Waals surface area contributed by atoms with Crippen molar-refractivity contribution < 1.29 is 4.74 Å². The van der Waals surface area contributed by atoms with Gasteiger partial charge in [0.25, 0.3) is 0 Å². The average molecular weight is 570 g/mol. The van der Waals surface area contributed by atoms with Gasteiger partial charge in [0.1, 0.15) is 0 Å². The lowest BCUT2D eigenvalue weighted by molar-refractivity contribution is 0.289. The van der Waals surface area contributed by atoms with E-state index in [9.17, 15) is 0 Å². The molecule has 1 saturated heterocycles. The number of guanidine groups is 1. The molecule has 1 aliphatic heterocycles. The summed E-state index contributed by atoms with van der Waals surface area (Å²) in [5.41, 5.74) is 0. The van der Waals surface area contributed by atoms with Crippen LogP contribution in [0.4, 0.5) is 5.95 Å². The van der Waals surface area contributed by atoms with Gasteiger partial charge in [-0.2, -0.15) is 4.98 Å². The molecular weight excluding hydrogens is 537 g/mol. The number of ether oxygens (including phenoxy) is 1. The van der Waals surface area contributed by atoms with Crippen LogP contribution >= 0.6 is 39.9 Å². The van der Waals surface area contributed by atoms with Gasteiger partial charge in [0.15, 0.2) is 5.96 Å². The fraction of sp³-hybridized carbons (Fsp3) is 0.722. The second-order valence-corrected chi connectivity index (χ2v) is 7.26. The number of nitrogens with one attached hydrogen (secondary N) is 1. The molecule has 0 radical (unpaired) electrons. The van der Waals surface area contributed by atoms with Crippen LogP contribution in [0.2, 0.25) is 0 Å². The molecule has 0 atom stereocenters. The van der Waals surface area contributed by atoms with E-state index in [-0.39, 0.29) is 24.0 Å². The standard InChI is InChI=1S/C18H32BrN7O.HI/c1-5-8-24(6-2)9-7-21-17(20-3)25-10-12-26(13-11-25)18-22-14-15(19)16(23-18)27-4;/h14H,5-13H2,1-4H3,(H,20,21);1H. The normalized spacial score (nSPS) is 14.9. The quantitative estimate of drug-likeness (QED) is 0.293. The SMILES string of the molecule is CCCN(CC)CCNC(=NC)N1CCN(c2ncc(Br)c(OC)n2)CC1.I. The molecule has 0 spiro atoms. The van der Waals surface area contributed by atoms with Gasteiger partial charge in [0, 0.05) is 46.3 Å². The lowest BCUT2D eigenvalue weighted by Gasteiger charge is -2.36. The number of aromatic nitrogens is 2. The number of anilines is 1. The van der Waals surface area contributed by atoms with Crippen LogP contribution in [-0.4, -0.2) is 92.2 Å². The first kappa shape index (κ1) is 25.2. The second kappa shape index (κ2) is 13.4. The Kier molecular flexibility index (Phi) is 12.0. The van der Waals surface area contributed by atoms with Crippen molar-refractivity contribution in [3.8, 4) is 5.88 Å². The molecule has 0 aliphatic carbocycles. The summed E-state index contributed by atoms with van der Waals surface area (Å²) in [7, 11) is 3.46. The van der Waals surface area contributed by atoms with Crippen molar-refractivity contribution in [1.82, 2.24) is 25.1 Å². The van der Waals surface area contributed by atoms with Crippen LogP contribution in [0, 0.1) is 0 Å². The Morgan fingerprint density at radius 1 is 1.29 bits per heavy atom. The van der Waals surface area contributed by atoms with Gasteiger partial charge in [-0.3, -0.25) is 4.99 Å². The summed E-state index contributed by atoms with van der Waals surface area (Å²) in [5, 5.41) is 3.50. The van der Waals surface area contributed by atoms with Gasteiger partial charge < -0.3 is 24.8 Å². The van der Waals surface area contributed by atoms with E-state index in [1.165, 1.54) is 6.42 Å². The van der Waals surface area contributed by atoms with Crippen molar-refractivity contribution in [3.05, 3.63) is 10.7 Å². The molecule has 0 saturated carbocycles. The van der Waals surface area contributed by atoms with Crippen molar-refractivity contribution in [2.45, 2.75) is 20.3 Å². The lowest BCUT2D eigenvalue weighted by atomic mass is 10.3. The second-order valence-electron chi connectivity index (χ2n) is 6.41. The van der Waals surface area contributed by atoms with E-state index in [4.69, 9.17) is 4.74 Å². The number of likely N-dealkylation sites (N-methyl/N-ethyl adjacent to an activating group) is 1. The number of hydrogen-bond acceptors (Lipinski definition) is 6. The fourth-order valence-corrected chi connectivity index (χ4v) is 3.51. The van der Waals surface area contributed by atoms with Crippen LogP contribution in [-0.2, 0) is 0 Å². The molecule has 2 rings (SSSR count). The molecule has 1 aliphatic rings. The molecule has 1 fully saturated rings. The van der Waals surface area contributed by atoms with Crippen molar-refractivity contribution in [2.24, 2.45) is 4.99 Å². The van der Waals surface area contributed by atoms with E-state index in [1.54, 1.807) is 13.3 Å². The molecule has 8 nitrogen and oxygen atoms in total. The number of piperazine rings is 1. The number of aliphatic imine (C=N–C) groups is 1. The van der Waals surface area contributed by atoms with Crippen molar-refractivity contribution >= 4 is 51.8 Å². The largest absolute Gasteiger partial charge is 0.480 e. The first-order valence-corrected chi connectivity index (χ1v) is 10.4. The molecule has 10 heteroatoms. The zero-order valence-electron chi connectivity index (χ0n) is 17.3. The Bertz CT molecular complexity index is 612. The van der Waals surface area contributed by atoms with Crippen molar-refractivity contribution in [1.29, 1.82) is 0 Å². The molecule has 0 bridgehead atoms. The zero-order chi connectivity index (χ0) is 19.6. The minimum atomic E-state index is 0. The van der Waals surface area contributed by atoms with Gasteiger partial charge in [0.05, 0.1) is 17.8 Å². The highest BCUT2D eigenvalue weighted by Crippen LogP contribution is 2.23. The van der Waals surface area contributed by atoms with E-state index in [2.05, 4.69) is 64.8 Å². The Morgan fingerprint density at radius 2 is 2.00 bits per heavy atom. The third-order valence-electron chi connectivity index (χ3n) is 4.66. The predicted octanol–water partition coefficient (Wildman–Crippen LogP) is 2.30. The number of hydrogen-bond donors (Lipinski definition) is 1. The first-order valence-electron chi connectivity index (χ1n) is 9.62. The summed E-state index contributed by atoms with van der Waals surface area (Å²) in [6.07, 6.45) is 2.93. The van der Waals surface area contributed by atoms with Gasteiger partial charge in [-0.05, 0) is 35.4 Å². The highest BCUT2D eigenvalue weighted by atomic mass is 127. The van der Waals surface area contributed by atoms with E-state index < -0.39 is 0 Å². The Hall–Kier alpha value is -0.880. The number of nitrogens with zero attached hydrogens (tertiary/aromatic N) is 6. The summed E-state index contributed by atoms with van der Waals surface area (Å²) >= 11 is 3.40. The van der Waals surface area contributed by atoms with Crippen LogP contribution < -0.4 is 15.0 Å². The Morgan fingerprint density at radius 3 is 2.57 bits per heavy atom. The molecular formula is C18H33BrIN7O. The van der Waals surface area contributed by atoms with Crippen LogP contribution in [0.3, 0.4) is 0 Å². The molecule has 160 valence electrons. The van der Waals surface area contributed by atoms with Gasteiger partial charge in [0.2, 0.25) is 11.8 Å². The molecule has 1 N–H and O–H groups in total. The number of rotatable bonds is 8. The van der Waals surface area contributed by atoms with Crippen LogP contribution in [0.25, 0.3) is 0 Å². The maximum Gasteiger partial charge on any atom is 0.232 e. The molecule has 0 amide bonds. The monoisotopic (exact) mass is 569 g/mol. The Balaban J connectivity index is 0.00000392. The van der Waals surface area contributed by atoms with E-state index in [0.29, 0.717) is 11.8 Å². The summed E-state index contributed by atoms with van der Waals surface area (Å²) in [6, 6.07) is 0. The molecule has 1 aromatic heterocycles. The lowest BCUT2D eigenvalue weighted by Crippen LogP contribution is -2.53. The highest BCUT2D eigenvalue weighted by Gasteiger charge is 2.22. The third kappa shape index (κ3) is 7.18. The third-order valence-corrected chi connectivity index (χ3v) is 5.21. The molecule has 0 unspecified atom stereocenters. The van der Waals surface area contributed by atoms with Gasteiger partial charge in [-0.25, -0.2) is 4.98 Å². The van der Waals surface area contributed by atoms with Crippen LogP contribution in [0.1, 0.15) is 20.3 Å². The summed E-state index contributed by atoms with van der Waals surface area (Å²) in [6.45, 7) is 12.1. The smallest absolute Gasteiger partial charge is 0.232 e. The predicted molar refractivity (Wildman–Crippen MR) is 129 cm³/mol. The summed E-state index contributed by atoms with van der Waals surface area (Å²) in [4.78, 5) is 20.3. The maximum absolute atomic E-state index is 5.28. The highest BCUT2D eigenvalue weighted by molar-refractivity contribution is 14.0. The topological polar surface area (TPSA) is 69.1 Å². The van der Waals surface area contributed by atoms with Crippen molar-refractivity contribution in [2.75, 3.05) is 71.4 Å². The first-order chi connectivity index (χ1) is 13.1. The van der Waals surface area contributed by atoms with Crippen LogP contribution in [0.15, 0.2) is 15.7 Å². The van der Waals surface area contributed by atoms with Gasteiger partial charge in [-0.15, -0.1) is 24.0 Å². The summed E-state index contributed by atoms with van der Waals surface area (Å²) in [5.74, 6) is 2.24. The van der Waals surface area contributed by atoms with E-state index in [1.807, 2.05) is 7.05 Å². The molecule has 2 heterocycles. The van der Waals surface area contributed by atoms with E-state index >= 15 is 0 Å². The maximum atomic E-state index is 5.28. The zero-order valence-corrected chi connectivity index (χ0v) is 21.2. The van der Waals surface area contributed by atoms with Gasteiger partial charge in [-0.1, -0.05) is 13.8 Å². The van der Waals surface area contributed by atoms with Crippen LogP contribution in [0.5, 0.6) is 5.88 Å². The molecule has 28 heavy (non-hydrogen) atoms. The van der Waals surface area contributed by atoms with E-state index in [0.717, 1.165) is 62.8 Å². The minimum absolute atomic E-state index is 0. The fourth-order valence-electron chi connectivity index (χ4n) is 3.16. The molecule has 1 aromatic rings. The summed E-state index contributed by atoms with van der Waals surface area (Å²) < 4.78 is 6.04. The van der Waals surface area contributed by atoms with Gasteiger partial charge >= 0.3 is 0 Å². The average Bonchev–Trinajstić information content (AvgIpc) is 2.71. The molecule has 0 aromatic carbocycles. The van der Waals surface area contributed by atoms with Crippen molar-refractivity contribution in [3.63, 3.8) is 0 Å². The number of methoxy groups -OCH3 is 1. The minimum Gasteiger partial charge on any atom is -0.480 e. The number of halogens is 2. The Labute approximate surface area is 194 Å².